The largest absolute Gasteiger partial charge is 0.481 e. The van der Waals surface area contributed by atoms with Crippen LogP contribution in [0.1, 0.15) is 12.0 Å². The molecule has 2 amide bonds. The van der Waals surface area contributed by atoms with E-state index >= 15 is 0 Å². The number of carboxylic acid groups (broad SMARTS) is 1. The van der Waals surface area contributed by atoms with Crippen molar-refractivity contribution >= 4 is 23.5 Å². The molecule has 7 heteroatoms. The molecule has 0 radical (unpaired) electrons. The molecule has 24 heavy (non-hydrogen) atoms. The van der Waals surface area contributed by atoms with Gasteiger partial charge in [0, 0.05) is 26.2 Å². The second kappa shape index (κ2) is 6.70. The number of aliphatic carboxylic acids is 1. The lowest BCUT2D eigenvalue weighted by Crippen LogP contribution is -2.51. The summed E-state index contributed by atoms with van der Waals surface area (Å²) in [5, 5.41) is 8.80. The van der Waals surface area contributed by atoms with Crippen LogP contribution in [-0.4, -0.2) is 72.0 Å². The molecule has 1 atom stereocenters. The number of carbonyl (C=O) groups excluding carboxylic acids is 2. The Kier molecular flexibility index (Phi) is 4.64. The van der Waals surface area contributed by atoms with E-state index in [1.807, 2.05) is 7.05 Å². The fourth-order valence-electron chi connectivity index (χ4n) is 3.24. The van der Waals surface area contributed by atoms with Crippen molar-refractivity contribution in [2.75, 3.05) is 38.1 Å². The van der Waals surface area contributed by atoms with Crippen molar-refractivity contribution in [3.63, 3.8) is 0 Å². The highest BCUT2D eigenvalue weighted by Crippen LogP contribution is 2.26. The number of amides is 2. The summed E-state index contributed by atoms with van der Waals surface area (Å²) in [6, 6.07) is 6.19. The molecule has 2 aliphatic rings. The Hall–Kier alpha value is -2.25. The molecule has 0 aromatic heterocycles. The van der Waals surface area contributed by atoms with Gasteiger partial charge in [-0.05, 0) is 24.7 Å². The number of hydrogen-bond donors (Lipinski definition) is 1. The molecule has 128 valence electrons. The van der Waals surface area contributed by atoms with Gasteiger partial charge in [0.05, 0.1) is 24.6 Å². The molecule has 0 aliphatic carbocycles. The summed E-state index contributed by atoms with van der Waals surface area (Å²) in [7, 11) is 2.05. The summed E-state index contributed by atoms with van der Waals surface area (Å²) in [6.45, 7) is 3.35. The standard InChI is InChI=1S/C17H21N3O4/c1-18-6-8-19(9-7-18)14-11-15(21)20(17(14)24)13-4-2-12(3-5-13)10-16(22)23/h2-5,14H,6-11H2,1H3,(H,22,23). The number of carbonyl (C=O) groups is 3. The quantitative estimate of drug-likeness (QED) is 0.794. The molecule has 1 N–H and O–H groups in total. The average molecular weight is 331 g/mol. The van der Waals surface area contributed by atoms with Gasteiger partial charge in [0.25, 0.3) is 5.91 Å². The molecule has 1 aromatic carbocycles. The Labute approximate surface area is 140 Å². The Balaban J connectivity index is 1.73. The third kappa shape index (κ3) is 3.32. The van der Waals surface area contributed by atoms with Crippen LogP contribution in [0.15, 0.2) is 24.3 Å². The van der Waals surface area contributed by atoms with Crippen LogP contribution in [0.2, 0.25) is 0 Å². The number of likely N-dealkylation sites (N-methyl/N-ethyl adjacent to an activating group) is 1. The van der Waals surface area contributed by atoms with Crippen molar-refractivity contribution < 1.29 is 19.5 Å². The van der Waals surface area contributed by atoms with Gasteiger partial charge in [-0.2, -0.15) is 0 Å². The fourth-order valence-corrected chi connectivity index (χ4v) is 3.24. The van der Waals surface area contributed by atoms with E-state index < -0.39 is 5.97 Å². The topological polar surface area (TPSA) is 81.2 Å². The lowest BCUT2D eigenvalue weighted by atomic mass is 10.1. The number of nitrogens with zero attached hydrogens (tertiary/aromatic N) is 3. The van der Waals surface area contributed by atoms with Gasteiger partial charge in [0.2, 0.25) is 5.91 Å². The Morgan fingerprint density at radius 1 is 1.12 bits per heavy atom. The van der Waals surface area contributed by atoms with Crippen molar-refractivity contribution in [1.29, 1.82) is 0 Å². The zero-order valence-corrected chi connectivity index (χ0v) is 13.6. The van der Waals surface area contributed by atoms with Crippen LogP contribution < -0.4 is 4.90 Å². The first-order valence-corrected chi connectivity index (χ1v) is 8.06. The van der Waals surface area contributed by atoms with Gasteiger partial charge in [-0.1, -0.05) is 12.1 Å². The van der Waals surface area contributed by atoms with Crippen LogP contribution in [0.3, 0.4) is 0 Å². The van der Waals surface area contributed by atoms with Crippen LogP contribution in [0.25, 0.3) is 0 Å². The maximum atomic E-state index is 12.7. The number of carboxylic acids is 1. The molecule has 1 aromatic rings. The molecule has 0 spiro atoms. The predicted molar refractivity (Wildman–Crippen MR) is 87.7 cm³/mol. The highest BCUT2D eigenvalue weighted by molar-refractivity contribution is 6.22. The summed E-state index contributed by atoms with van der Waals surface area (Å²) >= 11 is 0. The van der Waals surface area contributed by atoms with Gasteiger partial charge in [-0.15, -0.1) is 0 Å². The first-order chi connectivity index (χ1) is 11.5. The molecule has 0 saturated carbocycles. The first kappa shape index (κ1) is 16.6. The van der Waals surface area contributed by atoms with Gasteiger partial charge in [0.15, 0.2) is 0 Å². The number of benzene rings is 1. The minimum atomic E-state index is -0.911. The SMILES string of the molecule is CN1CCN(C2CC(=O)N(c3ccc(CC(=O)O)cc3)C2=O)CC1. The average Bonchev–Trinajstić information content (AvgIpc) is 2.83. The van der Waals surface area contributed by atoms with Crippen LogP contribution in [0.5, 0.6) is 0 Å². The normalized spacial score (nSPS) is 23.0. The monoisotopic (exact) mass is 331 g/mol. The maximum Gasteiger partial charge on any atom is 0.307 e. The molecule has 2 aliphatic heterocycles. The summed E-state index contributed by atoms with van der Waals surface area (Å²) in [5.41, 5.74) is 1.15. The van der Waals surface area contributed by atoms with E-state index in [-0.39, 0.29) is 30.7 Å². The van der Waals surface area contributed by atoms with Crippen LogP contribution in [0, 0.1) is 0 Å². The number of piperazine rings is 1. The number of anilines is 1. The van der Waals surface area contributed by atoms with Gasteiger partial charge < -0.3 is 10.0 Å². The second-order valence-corrected chi connectivity index (χ2v) is 6.36. The highest BCUT2D eigenvalue weighted by Gasteiger charge is 2.43. The van der Waals surface area contributed by atoms with Gasteiger partial charge in [0.1, 0.15) is 0 Å². The van der Waals surface area contributed by atoms with E-state index in [1.54, 1.807) is 24.3 Å². The smallest absolute Gasteiger partial charge is 0.307 e. The van der Waals surface area contributed by atoms with Crippen molar-refractivity contribution in [2.45, 2.75) is 18.9 Å². The molecule has 1 unspecified atom stereocenters. The van der Waals surface area contributed by atoms with Crippen LogP contribution >= 0.6 is 0 Å². The Morgan fingerprint density at radius 3 is 2.33 bits per heavy atom. The maximum absolute atomic E-state index is 12.7. The predicted octanol–water partition coefficient (Wildman–Crippen LogP) is 0.193. The molecular formula is C17H21N3O4. The van der Waals surface area contributed by atoms with Gasteiger partial charge in [-0.3, -0.25) is 19.3 Å². The van der Waals surface area contributed by atoms with E-state index in [0.29, 0.717) is 11.3 Å². The third-order valence-electron chi connectivity index (χ3n) is 4.65. The van der Waals surface area contributed by atoms with E-state index in [4.69, 9.17) is 5.11 Å². The van der Waals surface area contributed by atoms with Crippen LogP contribution in [0.4, 0.5) is 5.69 Å². The summed E-state index contributed by atoms with van der Waals surface area (Å²) in [5.74, 6) is -1.29. The van der Waals surface area contributed by atoms with E-state index in [2.05, 4.69) is 9.80 Å². The van der Waals surface area contributed by atoms with Gasteiger partial charge in [-0.25, -0.2) is 4.90 Å². The summed E-state index contributed by atoms with van der Waals surface area (Å²) < 4.78 is 0. The molecule has 2 saturated heterocycles. The molecule has 3 rings (SSSR count). The minimum absolute atomic E-state index is 0.0773. The van der Waals surface area contributed by atoms with Gasteiger partial charge >= 0.3 is 5.97 Å². The highest BCUT2D eigenvalue weighted by atomic mass is 16.4. The number of rotatable bonds is 4. The molecule has 7 nitrogen and oxygen atoms in total. The second-order valence-electron chi connectivity index (χ2n) is 6.36. The van der Waals surface area contributed by atoms with Crippen LogP contribution in [-0.2, 0) is 20.8 Å². The zero-order chi connectivity index (χ0) is 17.3. The fraction of sp³-hybridized carbons (Fsp3) is 0.471. The lowest BCUT2D eigenvalue weighted by Gasteiger charge is -2.35. The van der Waals surface area contributed by atoms with Crippen molar-refractivity contribution in [2.24, 2.45) is 0 Å². The van der Waals surface area contributed by atoms with Crippen molar-refractivity contribution in [1.82, 2.24) is 9.80 Å². The molecule has 2 heterocycles. The number of imide groups is 1. The molecular weight excluding hydrogens is 310 g/mol. The minimum Gasteiger partial charge on any atom is -0.481 e. The Morgan fingerprint density at radius 2 is 1.75 bits per heavy atom. The van der Waals surface area contributed by atoms with Crippen molar-refractivity contribution in [3.05, 3.63) is 29.8 Å². The van der Waals surface area contributed by atoms with E-state index in [0.717, 1.165) is 26.2 Å². The lowest BCUT2D eigenvalue weighted by molar-refractivity contribution is -0.136. The summed E-state index contributed by atoms with van der Waals surface area (Å²) in [4.78, 5) is 41.3. The number of hydrogen-bond acceptors (Lipinski definition) is 5. The third-order valence-corrected chi connectivity index (χ3v) is 4.65. The Bertz CT molecular complexity index is 650. The molecule has 0 bridgehead atoms. The van der Waals surface area contributed by atoms with E-state index in [9.17, 15) is 14.4 Å². The van der Waals surface area contributed by atoms with E-state index in [1.165, 1.54) is 4.90 Å². The molecule has 2 fully saturated rings. The first-order valence-electron chi connectivity index (χ1n) is 8.06. The van der Waals surface area contributed by atoms with Crippen molar-refractivity contribution in [3.8, 4) is 0 Å². The zero-order valence-electron chi connectivity index (χ0n) is 13.6. The summed E-state index contributed by atoms with van der Waals surface area (Å²) in [6.07, 6.45) is 0.130.